The lowest BCUT2D eigenvalue weighted by Crippen LogP contribution is -2.11. The maximum atomic E-state index is 12.2. The van der Waals surface area contributed by atoms with Gasteiger partial charge < -0.3 is 10.4 Å². The van der Waals surface area contributed by atoms with Crippen molar-refractivity contribution < 1.29 is 14.7 Å². The van der Waals surface area contributed by atoms with Crippen molar-refractivity contribution in [1.82, 2.24) is 4.98 Å². The fourth-order valence-electron chi connectivity index (χ4n) is 2.05. The van der Waals surface area contributed by atoms with Crippen LogP contribution in [0.25, 0.3) is 0 Å². The number of nitrogens with zero attached hydrogens (tertiary/aromatic N) is 1. The number of carboxylic acids is 1. The molecule has 0 saturated carbocycles. The standard InChI is InChI=1S/C14H12N2O3S2/c17-13(12-5-8-7-20-4-3-11(8)21-12)16-9-1-2-10(14(18)19)15-6-9/h1-2,5-6H,3-4,7H2,(H,16,17)(H,18,19). The Kier molecular flexibility index (Phi) is 3.94. The van der Waals surface area contributed by atoms with Crippen LogP contribution in [0.3, 0.4) is 0 Å². The van der Waals surface area contributed by atoms with E-state index in [0.717, 1.165) is 17.9 Å². The molecule has 1 amide bonds. The number of aromatic carboxylic acids is 1. The minimum absolute atomic E-state index is 0.0448. The lowest BCUT2D eigenvalue weighted by Gasteiger charge is -2.08. The maximum Gasteiger partial charge on any atom is 0.354 e. The number of aryl methyl sites for hydroxylation is 1. The molecule has 0 aliphatic carbocycles. The molecule has 7 heteroatoms. The molecule has 0 unspecified atom stereocenters. The number of pyridine rings is 1. The van der Waals surface area contributed by atoms with Crippen LogP contribution in [0.4, 0.5) is 5.69 Å². The van der Waals surface area contributed by atoms with Gasteiger partial charge in [0.05, 0.1) is 16.8 Å². The highest BCUT2D eigenvalue weighted by Crippen LogP contribution is 2.32. The van der Waals surface area contributed by atoms with Gasteiger partial charge in [-0.3, -0.25) is 4.79 Å². The predicted octanol–water partition coefficient (Wildman–Crippen LogP) is 2.88. The molecule has 0 bridgehead atoms. The normalized spacial score (nSPS) is 13.5. The first-order valence-corrected chi connectivity index (χ1v) is 8.30. The number of carboxylic acid groups (broad SMARTS) is 1. The largest absolute Gasteiger partial charge is 0.477 e. The molecule has 0 atom stereocenters. The summed E-state index contributed by atoms with van der Waals surface area (Å²) in [4.78, 5) is 28.7. The highest BCUT2D eigenvalue weighted by Gasteiger charge is 2.17. The number of thioether (sulfide) groups is 1. The molecule has 1 aliphatic rings. The van der Waals surface area contributed by atoms with Gasteiger partial charge in [-0.2, -0.15) is 11.8 Å². The number of carbonyl (C=O) groups excluding carboxylic acids is 1. The van der Waals surface area contributed by atoms with Crippen LogP contribution in [0.15, 0.2) is 24.4 Å². The third-order valence-electron chi connectivity index (χ3n) is 3.09. The quantitative estimate of drug-likeness (QED) is 0.909. The lowest BCUT2D eigenvalue weighted by molar-refractivity contribution is 0.0690. The van der Waals surface area contributed by atoms with Crippen molar-refractivity contribution in [2.45, 2.75) is 12.2 Å². The van der Waals surface area contributed by atoms with Gasteiger partial charge in [0.1, 0.15) is 5.69 Å². The molecule has 3 rings (SSSR count). The second kappa shape index (κ2) is 5.87. The Morgan fingerprint density at radius 3 is 2.86 bits per heavy atom. The molecule has 3 heterocycles. The molecule has 2 N–H and O–H groups in total. The summed E-state index contributed by atoms with van der Waals surface area (Å²) in [6, 6.07) is 4.85. The second-order valence-electron chi connectivity index (χ2n) is 4.55. The lowest BCUT2D eigenvalue weighted by atomic mass is 10.2. The molecule has 1 aliphatic heterocycles. The summed E-state index contributed by atoms with van der Waals surface area (Å²) in [5.74, 6) is 0.809. The van der Waals surface area contributed by atoms with Gasteiger partial charge in [0.25, 0.3) is 5.91 Å². The van der Waals surface area contributed by atoms with E-state index in [2.05, 4.69) is 10.3 Å². The van der Waals surface area contributed by atoms with E-state index >= 15 is 0 Å². The number of nitrogens with one attached hydrogen (secondary N) is 1. The van der Waals surface area contributed by atoms with Gasteiger partial charge in [0.15, 0.2) is 0 Å². The van der Waals surface area contributed by atoms with Crippen molar-refractivity contribution in [3.8, 4) is 0 Å². The summed E-state index contributed by atoms with van der Waals surface area (Å²) in [5.41, 5.74) is 1.70. The van der Waals surface area contributed by atoms with Crippen molar-refractivity contribution in [1.29, 1.82) is 0 Å². The van der Waals surface area contributed by atoms with Crippen LogP contribution >= 0.6 is 23.1 Å². The molecule has 2 aromatic rings. The van der Waals surface area contributed by atoms with Crippen LogP contribution < -0.4 is 5.32 Å². The molecule has 0 aromatic carbocycles. The molecule has 0 spiro atoms. The number of rotatable bonds is 3. The average Bonchev–Trinajstić information content (AvgIpc) is 2.92. The number of hydrogen-bond acceptors (Lipinski definition) is 5. The van der Waals surface area contributed by atoms with Gasteiger partial charge in [0, 0.05) is 10.6 Å². The number of amides is 1. The molecule has 108 valence electrons. The summed E-state index contributed by atoms with van der Waals surface area (Å²) >= 11 is 3.41. The SMILES string of the molecule is O=C(O)c1ccc(NC(=O)c2cc3c(s2)CCSC3)cn1. The molecular formula is C14H12N2O3S2. The average molecular weight is 320 g/mol. The van der Waals surface area contributed by atoms with Crippen LogP contribution in [0, 0.1) is 0 Å². The van der Waals surface area contributed by atoms with E-state index in [1.54, 1.807) is 0 Å². The van der Waals surface area contributed by atoms with E-state index in [1.165, 1.54) is 40.1 Å². The smallest absolute Gasteiger partial charge is 0.354 e. The van der Waals surface area contributed by atoms with Crippen LogP contribution in [-0.2, 0) is 12.2 Å². The van der Waals surface area contributed by atoms with Gasteiger partial charge in [-0.1, -0.05) is 0 Å². The topological polar surface area (TPSA) is 79.3 Å². The fraction of sp³-hybridized carbons (Fsp3) is 0.214. The van der Waals surface area contributed by atoms with Gasteiger partial charge in [-0.15, -0.1) is 11.3 Å². The van der Waals surface area contributed by atoms with E-state index in [-0.39, 0.29) is 11.6 Å². The van der Waals surface area contributed by atoms with Crippen molar-refractivity contribution in [2.75, 3.05) is 11.1 Å². The van der Waals surface area contributed by atoms with Crippen LogP contribution in [-0.4, -0.2) is 27.7 Å². The zero-order valence-electron chi connectivity index (χ0n) is 11.0. The summed E-state index contributed by atoms with van der Waals surface area (Å²) in [7, 11) is 0. The number of fused-ring (bicyclic) bond motifs is 1. The molecule has 0 fully saturated rings. The number of carbonyl (C=O) groups is 2. The Morgan fingerprint density at radius 2 is 2.19 bits per heavy atom. The Morgan fingerprint density at radius 1 is 1.33 bits per heavy atom. The minimum Gasteiger partial charge on any atom is -0.477 e. The van der Waals surface area contributed by atoms with Crippen molar-refractivity contribution in [2.24, 2.45) is 0 Å². The monoisotopic (exact) mass is 320 g/mol. The summed E-state index contributed by atoms with van der Waals surface area (Å²) in [6.45, 7) is 0. The first-order chi connectivity index (χ1) is 10.1. The third kappa shape index (κ3) is 3.08. The first-order valence-electron chi connectivity index (χ1n) is 6.33. The van der Waals surface area contributed by atoms with Gasteiger partial charge >= 0.3 is 5.97 Å². The molecule has 0 saturated heterocycles. The molecular weight excluding hydrogens is 308 g/mol. The molecule has 0 radical (unpaired) electrons. The van der Waals surface area contributed by atoms with E-state index in [4.69, 9.17) is 5.11 Å². The summed E-state index contributed by atoms with van der Waals surface area (Å²) in [5, 5.41) is 11.5. The summed E-state index contributed by atoms with van der Waals surface area (Å²) in [6.07, 6.45) is 2.37. The highest BCUT2D eigenvalue weighted by atomic mass is 32.2. The zero-order chi connectivity index (χ0) is 14.8. The molecule has 5 nitrogen and oxygen atoms in total. The minimum atomic E-state index is -1.09. The van der Waals surface area contributed by atoms with Gasteiger partial charge in [-0.25, -0.2) is 9.78 Å². The van der Waals surface area contributed by atoms with Gasteiger partial charge in [-0.05, 0) is 35.9 Å². The molecule has 2 aromatic heterocycles. The van der Waals surface area contributed by atoms with E-state index < -0.39 is 5.97 Å². The van der Waals surface area contributed by atoms with Crippen molar-refractivity contribution >= 4 is 40.7 Å². The second-order valence-corrected chi connectivity index (χ2v) is 6.79. The Balaban J connectivity index is 1.73. The van der Waals surface area contributed by atoms with E-state index in [0.29, 0.717) is 10.6 Å². The van der Waals surface area contributed by atoms with Gasteiger partial charge in [0.2, 0.25) is 0 Å². The number of hydrogen-bond donors (Lipinski definition) is 2. The molecule has 21 heavy (non-hydrogen) atoms. The number of anilines is 1. The highest BCUT2D eigenvalue weighted by molar-refractivity contribution is 7.98. The zero-order valence-corrected chi connectivity index (χ0v) is 12.6. The van der Waals surface area contributed by atoms with E-state index in [1.807, 2.05) is 17.8 Å². The van der Waals surface area contributed by atoms with Crippen LogP contribution in [0.5, 0.6) is 0 Å². The first kappa shape index (κ1) is 14.1. The van der Waals surface area contributed by atoms with Crippen LogP contribution in [0.2, 0.25) is 0 Å². The number of aromatic nitrogens is 1. The van der Waals surface area contributed by atoms with Crippen molar-refractivity contribution in [3.63, 3.8) is 0 Å². The Hall–Kier alpha value is -1.86. The van der Waals surface area contributed by atoms with E-state index in [9.17, 15) is 9.59 Å². The van der Waals surface area contributed by atoms with Crippen molar-refractivity contribution in [3.05, 3.63) is 45.4 Å². The fourth-order valence-corrected chi connectivity index (χ4v) is 4.31. The van der Waals surface area contributed by atoms with Crippen LogP contribution in [0.1, 0.15) is 30.6 Å². The Labute approximate surface area is 129 Å². The summed E-state index contributed by atoms with van der Waals surface area (Å²) < 4.78 is 0. The Bertz CT molecular complexity index is 671. The third-order valence-corrected chi connectivity index (χ3v) is 5.34. The maximum absolute atomic E-state index is 12.2. The number of thiophene rings is 1. The predicted molar refractivity (Wildman–Crippen MR) is 83.3 cm³/mol.